The van der Waals surface area contributed by atoms with Gasteiger partial charge in [-0.15, -0.1) is 0 Å². The number of benzene rings is 3. The normalized spacial score (nSPS) is 11.7. The van der Waals surface area contributed by atoms with Crippen molar-refractivity contribution in [2.75, 3.05) is 14.1 Å². The summed E-state index contributed by atoms with van der Waals surface area (Å²) in [5, 5.41) is 17.9. The molecule has 0 aliphatic carbocycles. The Morgan fingerprint density at radius 1 is 0.667 bits per heavy atom. The van der Waals surface area contributed by atoms with Crippen LogP contribution < -0.4 is 21.5 Å². The highest BCUT2D eigenvalue weighted by Gasteiger charge is 2.18. The number of rotatable bonds is 5. The number of nitrogens with zero attached hydrogens (tertiary/aromatic N) is 2. The summed E-state index contributed by atoms with van der Waals surface area (Å²) in [6.45, 7) is 0. The lowest BCUT2D eigenvalue weighted by molar-refractivity contribution is 0.968. The third kappa shape index (κ3) is 5.16. The molecule has 3 aromatic carbocycles. The van der Waals surface area contributed by atoms with E-state index < -0.39 is 0 Å². The summed E-state index contributed by atoms with van der Waals surface area (Å²) in [6, 6.07) is 24.0. The first-order valence-corrected chi connectivity index (χ1v) is 10.1. The molecule has 3 aromatic rings. The van der Waals surface area contributed by atoms with Crippen molar-refractivity contribution in [2.45, 2.75) is 0 Å². The van der Waals surface area contributed by atoms with E-state index in [4.69, 9.17) is 24.4 Å². The van der Waals surface area contributed by atoms with E-state index in [1.807, 2.05) is 54.6 Å². The fourth-order valence-electron chi connectivity index (χ4n) is 2.85. The molecule has 4 N–H and O–H groups in total. The predicted molar refractivity (Wildman–Crippen MR) is 133 cm³/mol. The third-order valence-electron chi connectivity index (χ3n) is 4.31. The molecule has 0 saturated heterocycles. The second kappa shape index (κ2) is 10.4. The van der Waals surface area contributed by atoms with Crippen molar-refractivity contribution >= 4 is 56.9 Å². The van der Waals surface area contributed by atoms with Crippen LogP contribution in [0.15, 0.2) is 83.0 Å². The van der Waals surface area contributed by atoms with Crippen molar-refractivity contribution in [1.82, 2.24) is 21.5 Å². The van der Waals surface area contributed by atoms with Gasteiger partial charge in [0.05, 0.1) is 0 Å². The molecule has 152 valence electrons. The van der Waals surface area contributed by atoms with Crippen LogP contribution in [0.3, 0.4) is 0 Å². The zero-order valence-electron chi connectivity index (χ0n) is 16.6. The van der Waals surface area contributed by atoms with Crippen LogP contribution in [-0.4, -0.2) is 35.7 Å². The number of hydrazone groups is 2. The molecule has 0 fully saturated rings. The minimum atomic E-state index is 0.402. The van der Waals surface area contributed by atoms with Crippen LogP contribution in [0.5, 0.6) is 0 Å². The van der Waals surface area contributed by atoms with Gasteiger partial charge in [-0.3, -0.25) is 10.9 Å². The summed E-state index contributed by atoms with van der Waals surface area (Å²) in [4.78, 5) is 0. The van der Waals surface area contributed by atoms with E-state index in [1.165, 1.54) is 0 Å². The first-order chi connectivity index (χ1) is 14.6. The fourth-order valence-corrected chi connectivity index (χ4v) is 2.94. The zero-order valence-corrected chi connectivity index (χ0v) is 18.3. The Morgan fingerprint density at radius 2 is 1.23 bits per heavy atom. The summed E-state index contributed by atoms with van der Waals surface area (Å²) in [5.74, 6) is 0. The van der Waals surface area contributed by atoms with Crippen molar-refractivity contribution < 1.29 is 0 Å². The van der Waals surface area contributed by atoms with Crippen molar-refractivity contribution in [3.63, 3.8) is 0 Å². The number of thiocarbonyl (C=S) groups is 2. The molecule has 0 radical (unpaired) electrons. The quantitative estimate of drug-likeness (QED) is 0.281. The van der Waals surface area contributed by atoms with Crippen molar-refractivity contribution in [2.24, 2.45) is 10.2 Å². The van der Waals surface area contributed by atoms with Gasteiger partial charge < -0.3 is 10.6 Å². The number of nitrogens with one attached hydrogen (secondary N) is 4. The summed E-state index contributed by atoms with van der Waals surface area (Å²) in [5.41, 5.74) is 8.83. The molecular formula is C22H22N6S2. The summed E-state index contributed by atoms with van der Waals surface area (Å²) < 4.78 is 0. The monoisotopic (exact) mass is 434 g/mol. The van der Waals surface area contributed by atoms with Crippen molar-refractivity contribution in [3.8, 4) is 0 Å². The fraction of sp³-hybridized carbons (Fsp3) is 0.0909. The Morgan fingerprint density at radius 3 is 1.90 bits per heavy atom. The maximum Gasteiger partial charge on any atom is 0.186 e. The topological polar surface area (TPSA) is 72.8 Å². The smallest absolute Gasteiger partial charge is 0.186 e. The molecule has 8 heteroatoms. The van der Waals surface area contributed by atoms with E-state index in [0.29, 0.717) is 21.6 Å². The molecule has 0 atom stereocenters. The van der Waals surface area contributed by atoms with Crippen LogP contribution in [-0.2, 0) is 0 Å². The third-order valence-corrected chi connectivity index (χ3v) is 4.90. The van der Waals surface area contributed by atoms with Gasteiger partial charge in [0.1, 0.15) is 11.4 Å². The highest BCUT2D eigenvalue weighted by molar-refractivity contribution is 7.80. The molecule has 0 bridgehead atoms. The molecule has 3 rings (SSSR count). The Balaban J connectivity index is 2.22. The molecule has 0 aromatic heterocycles. The van der Waals surface area contributed by atoms with Gasteiger partial charge in [-0.25, -0.2) is 0 Å². The van der Waals surface area contributed by atoms with Gasteiger partial charge in [-0.2, -0.15) is 10.2 Å². The van der Waals surface area contributed by atoms with Crippen molar-refractivity contribution in [3.05, 3.63) is 83.9 Å². The van der Waals surface area contributed by atoms with E-state index in [-0.39, 0.29) is 0 Å². The van der Waals surface area contributed by atoms with E-state index in [2.05, 4.69) is 49.9 Å². The van der Waals surface area contributed by atoms with Gasteiger partial charge in [0.2, 0.25) is 0 Å². The molecule has 6 nitrogen and oxygen atoms in total. The molecule has 0 saturated carbocycles. The predicted octanol–water partition coefficient (Wildman–Crippen LogP) is 3.14. The zero-order chi connectivity index (χ0) is 21.3. The first kappa shape index (κ1) is 21.4. The van der Waals surface area contributed by atoms with Crippen LogP contribution in [0.25, 0.3) is 10.8 Å². The second-order valence-corrected chi connectivity index (χ2v) is 7.01. The molecule has 0 aliphatic heterocycles. The molecule has 0 aliphatic rings. The summed E-state index contributed by atoms with van der Waals surface area (Å²) in [7, 11) is 3.47. The minimum absolute atomic E-state index is 0.402. The first-order valence-electron chi connectivity index (χ1n) is 9.28. The average Bonchev–Trinajstić information content (AvgIpc) is 2.81. The van der Waals surface area contributed by atoms with Crippen LogP contribution in [0.1, 0.15) is 11.1 Å². The van der Waals surface area contributed by atoms with Gasteiger partial charge >= 0.3 is 0 Å². The van der Waals surface area contributed by atoms with Crippen LogP contribution >= 0.6 is 24.4 Å². The molecule has 0 amide bonds. The minimum Gasteiger partial charge on any atom is -0.364 e. The summed E-state index contributed by atoms with van der Waals surface area (Å²) >= 11 is 10.4. The van der Waals surface area contributed by atoms with Gasteiger partial charge in [0.15, 0.2) is 10.2 Å². The largest absolute Gasteiger partial charge is 0.364 e. The van der Waals surface area contributed by atoms with Crippen LogP contribution in [0, 0.1) is 0 Å². The van der Waals surface area contributed by atoms with E-state index in [1.54, 1.807) is 14.1 Å². The Bertz CT molecular complexity index is 1100. The Kier molecular flexibility index (Phi) is 7.42. The van der Waals surface area contributed by atoms with Gasteiger partial charge in [0.25, 0.3) is 0 Å². The molecule has 0 heterocycles. The highest BCUT2D eigenvalue weighted by atomic mass is 32.1. The van der Waals surface area contributed by atoms with Gasteiger partial charge in [0, 0.05) is 25.2 Å². The van der Waals surface area contributed by atoms with Crippen LogP contribution in [0.2, 0.25) is 0 Å². The standard InChI is InChI=1S/C22H22N6S2/c1-23-21(29)27-25-19(16-10-4-3-5-11-16)20(26-28-22(30)24-2)18-14-8-12-15-9-6-7-13-17(15)18/h3-14H,1-2H3,(H2,23,27,29)(H2,24,28,30). The molecule has 0 spiro atoms. The maximum atomic E-state index is 5.23. The average molecular weight is 435 g/mol. The second-order valence-electron chi connectivity index (χ2n) is 6.20. The molecule has 0 unspecified atom stereocenters. The lowest BCUT2D eigenvalue weighted by Crippen LogP contribution is -2.33. The molecular weight excluding hydrogens is 412 g/mol. The van der Waals surface area contributed by atoms with Gasteiger partial charge in [-0.1, -0.05) is 72.8 Å². The molecule has 30 heavy (non-hydrogen) atoms. The maximum absolute atomic E-state index is 5.23. The number of fused-ring (bicyclic) bond motifs is 1. The Labute approximate surface area is 186 Å². The lowest BCUT2D eigenvalue weighted by Gasteiger charge is -2.14. The van der Waals surface area contributed by atoms with Crippen molar-refractivity contribution in [1.29, 1.82) is 0 Å². The lowest BCUT2D eigenvalue weighted by atomic mass is 9.95. The Hall–Kier alpha value is -3.36. The van der Waals surface area contributed by atoms with E-state index >= 15 is 0 Å². The van der Waals surface area contributed by atoms with Gasteiger partial charge in [-0.05, 0) is 35.2 Å². The summed E-state index contributed by atoms with van der Waals surface area (Å²) in [6.07, 6.45) is 0. The van der Waals surface area contributed by atoms with E-state index in [0.717, 1.165) is 21.9 Å². The highest BCUT2D eigenvalue weighted by Crippen LogP contribution is 2.21. The number of hydrogen-bond donors (Lipinski definition) is 4. The van der Waals surface area contributed by atoms with E-state index in [9.17, 15) is 0 Å². The number of hydrogen-bond acceptors (Lipinski definition) is 4. The SMILES string of the molecule is CNC(=S)NN=C(C(=NNC(=S)NC)c1cccc2ccccc12)c1ccccc1. The van der Waals surface area contributed by atoms with Crippen LogP contribution in [0.4, 0.5) is 0 Å².